The summed E-state index contributed by atoms with van der Waals surface area (Å²) in [6.07, 6.45) is -4.15. The number of rotatable bonds is 14. The number of carbonyl (C=O) groups is 2. The van der Waals surface area contributed by atoms with Crippen LogP contribution in [0.4, 0.5) is 32.2 Å². The van der Waals surface area contributed by atoms with E-state index in [9.17, 15) is 35.9 Å². The molecule has 0 aliphatic heterocycles. The van der Waals surface area contributed by atoms with Gasteiger partial charge in [0.15, 0.2) is 11.5 Å². The number of carbonyl (C=O) groups excluding carboxylic acids is 2. The molecule has 44 heavy (non-hydrogen) atoms. The van der Waals surface area contributed by atoms with Crippen molar-refractivity contribution in [3.8, 4) is 5.75 Å². The fourth-order valence-corrected chi connectivity index (χ4v) is 4.04. The lowest BCUT2D eigenvalue weighted by atomic mass is 10.1. The molecule has 2 aromatic carbocycles. The van der Waals surface area contributed by atoms with Gasteiger partial charge in [-0.1, -0.05) is 34.7 Å². The second kappa shape index (κ2) is 14.5. The van der Waals surface area contributed by atoms with Crippen LogP contribution in [0.2, 0.25) is 0 Å². The second-order valence-corrected chi connectivity index (χ2v) is 9.55. The minimum Gasteiger partial charge on any atom is -0.406 e. The molecule has 2 N–H and O–H groups in total. The van der Waals surface area contributed by atoms with Crippen molar-refractivity contribution in [3.05, 3.63) is 83.1 Å². The molecule has 0 saturated carbocycles. The molecule has 4 rings (SSSR count). The number of halogens is 6. The highest BCUT2D eigenvalue weighted by atomic mass is 19.4. The molecule has 0 aliphatic rings. The van der Waals surface area contributed by atoms with E-state index in [0.717, 1.165) is 29.3 Å². The number of benzene rings is 2. The quantitative estimate of drug-likeness (QED) is 0.203. The molecule has 1 atom stereocenters. The van der Waals surface area contributed by atoms with Crippen LogP contribution in [-0.4, -0.2) is 61.0 Å². The molecule has 2 amide bonds. The van der Waals surface area contributed by atoms with E-state index in [-0.39, 0.29) is 49.6 Å². The van der Waals surface area contributed by atoms with Gasteiger partial charge in [-0.05, 0) is 29.3 Å². The normalized spacial score (nSPS) is 12.1. The SMILES string of the molecule is O=C(Cc1cc(OC(F)(F)F)ccc1F)Nc1cn(CCC(F)Cn2cc(C(=O)NCc3cccc(CCF)c3)nn2)nn1. The van der Waals surface area contributed by atoms with Crippen LogP contribution in [0.25, 0.3) is 0 Å². The topological polar surface area (TPSA) is 129 Å². The van der Waals surface area contributed by atoms with Crippen LogP contribution in [0.1, 0.15) is 33.6 Å². The van der Waals surface area contributed by atoms with Crippen molar-refractivity contribution >= 4 is 17.6 Å². The van der Waals surface area contributed by atoms with Gasteiger partial charge in [0.05, 0.1) is 32.0 Å². The predicted octanol–water partition coefficient (Wildman–Crippen LogP) is 3.96. The molecule has 0 fully saturated rings. The number of aromatic nitrogens is 6. The van der Waals surface area contributed by atoms with Gasteiger partial charge in [-0.25, -0.2) is 13.5 Å². The number of nitrogens with zero attached hydrogens (tertiary/aromatic N) is 6. The summed E-state index contributed by atoms with van der Waals surface area (Å²) in [7, 11) is 0. The first-order chi connectivity index (χ1) is 21.0. The molecule has 0 aliphatic carbocycles. The van der Waals surface area contributed by atoms with Gasteiger partial charge in [0.25, 0.3) is 5.91 Å². The average Bonchev–Trinajstić information content (AvgIpc) is 3.61. The molecular weight excluding hydrogens is 598 g/mol. The predicted molar refractivity (Wildman–Crippen MR) is 142 cm³/mol. The zero-order chi connectivity index (χ0) is 31.7. The van der Waals surface area contributed by atoms with Gasteiger partial charge >= 0.3 is 6.36 Å². The van der Waals surface area contributed by atoms with E-state index < -0.39 is 49.0 Å². The van der Waals surface area contributed by atoms with Gasteiger partial charge in [-0.3, -0.25) is 18.7 Å². The zero-order valence-electron chi connectivity index (χ0n) is 22.9. The number of alkyl halides is 5. The largest absolute Gasteiger partial charge is 0.573 e. The highest BCUT2D eigenvalue weighted by molar-refractivity contribution is 5.92. The lowest BCUT2D eigenvalue weighted by Crippen LogP contribution is -2.23. The fraction of sp³-hybridized carbons (Fsp3) is 0.333. The van der Waals surface area contributed by atoms with Crippen molar-refractivity contribution in [2.75, 3.05) is 12.0 Å². The van der Waals surface area contributed by atoms with Crippen molar-refractivity contribution in [1.82, 2.24) is 35.3 Å². The third kappa shape index (κ3) is 9.81. The van der Waals surface area contributed by atoms with E-state index in [1.165, 1.54) is 21.8 Å². The lowest BCUT2D eigenvalue weighted by Gasteiger charge is -2.10. The first-order valence-corrected chi connectivity index (χ1v) is 13.2. The number of nitrogens with one attached hydrogen (secondary N) is 2. The first kappa shape index (κ1) is 32.0. The van der Waals surface area contributed by atoms with E-state index in [2.05, 4.69) is 36.0 Å². The number of ether oxygens (including phenoxy) is 1. The highest BCUT2D eigenvalue weighted by Gasteiger charge is 2.31. The zero-order valence-corrected chi connectivity index (χ0v) is 22.9. The van der Waals surface area contributed by atoms with Crippen molar-refractivity contribution in [2.45, 2.75) is 51.4 Å². The molecule has 0 saturated heterocycles. The Kier molecular flexibility index (Phi) is 10.5. The molecule has 0 spiro atoms. The van der Waals surface area contributed by atoms with Gasteiger partial charge in [0.2, 0.25) is 5.91 Å². The summed E-state index contributed by atoms with van der Waals surface area (Å²) in [6.45, 7) is -0.436. The van der Waals surface area contributed by atoms with Crippen LogP contribution in [0.15, 0.2) is 54.9 Å². The standard InChI is InChI=1S/C27H26F6N8O3/c28-8-6-17-2-1-3-18(10-17)13-34-26(43)23-15-41(38-36-23)14-20(29)7-9-40-16-24(37-39-40)35-25(42)12-19-11-21(4-5-22(19)30)44-27(31,32)33/h1-5,10-11,15-16,20H,6-9,12-14H2,(H,34,43)(H,35,42). The molecule has 2 aromatic heterocycles. The minimum atomic E-state index is -4.98. The Balaban J connectivity index is 1.21. The fourth-order valence-electron chi connectivity index (χ4n) is 4.04. The van der Waals surface area contributed by atoms with Crippen molar-refractivity contribution in [3.63, 3.8) is 0 Å². The molecule has 2 heterocycles. The van der Waals surface area contributed by atoms with Crippen LogP contribution in [0.3, 0.4) is 0 Å². The van der Waals surface area contributed by atoms with E-state index >= 15 is 0 Å². The summed E-state index contributed by atoms with van der Waals surface area (Å²) in [5, 5.41) is 20.1. The summed E-state index contributed by atoms with van der Waals surface area (Å²) in [5.74, 6) is -2.89. The molecular formula is C27H26F6N8O3. The minimum absolute atomic E-state index is 0.00624. The monoisotopic (exact) mass is 624 g/mol. The maximum absolute atomic E-state index is 14.6. The number of amides is 2. The van der Waals surface area contributed by atoms with Crippen LogP contribution < -0.4 is 15.4 Å². The molecule has 17 heteroatoms. The molecule has 0 bridgehead atoms. The molecule has 1 unspecified atom stereocenters. The Morgan fingerprint density at radius 2 is 1.77 bits per heavy atom. The van der Waals surface area contributed by atoms with Crippen LogP contribution in [0, 0.1) is 5.82 Å². The van der Waals surface area contributed by atoms with Crippen molar-refractivity contribution < 1.29 is 40.7 Å². The summed E-state index contributed by atoms with van der Waals surface area (Å²) in [6, 6.07) is 9.45. The lowest BCUT2D eigenvalue weighted by molar-refractivity contribution is -0.274. The highest BCUT2D eigenvalue weighted by Crippen LogP contribution is 2.25. The molecule has 234 valence electrons. The summed E-state index contributed by atoms with van der Waals surface area (Å²) < 4.78 is 84.6. The van der Waals surface area contributed by atoms with Gasteiger partial charge in [-0.15, -0.1) is 23.4 Å². The van der Waals surface area contributed by atoms with E-state index in [4.69, 9.17) is 0 Å². The molecule has 0 radical (unpaired) electrons. The van der Waals surface area contributed by atoms with Crippen LogP contribution >= 0.6 is 0 Å². The van der Waals surface area contributed by atoms with Crippen molar-refractivity contribution in [1.29, 1.82) is 0 Å². The smallest absolute Gasteiger partial charge is 0.406 e. The maximum atomic E-state index is 14.6. The number of aryl methyl sites for hydroxylation is 2. The van der Waals surface area contributed by atoms with Crippen LogP contribution in [0.5, 0.6) is 5.75 Å². The van der Waals surface area contributed by atoms with Crippen LogP contribution in [-0.2, 0) is 37.3 Å². The third-order valence-electron chi connectivity index (χ3n) is 6.06. The number of anilines is 1. The summed E-state index contributed by atoms with van der Waals surface area (Å²) >= 11 is 0. The van der Waals surface area contributed by atoms with Gasteiger partial charge in [0.1, 0.15) is 17.7 Å². The second-order valence-electron chi connectivity index (χ2n) is 9.55. The van der Waals surface area contributed by atoms with E-state index in [1.807, 2.05) is 0 Å². The van der Waals surface area contributed by atoms with Gasteiger partial charge in [0, 0.05) is 31.5 Å². The Morgan fingerprint density at radius 1 is 1.00 bits per heavy atom. The Morgan fingerprint density at radius 3 is 2.55 bits per heavy atom. The molecule has 11 nitrogen and oxygen atoms in total. The van der Waals surface area contributed by atoms with Gasteiger partial charge in [-0.2, -0.15) is 0 Å². The molecule has 4 aromatic rings. The Labute approximate surface area is 246 Å². The average molecular weight is 625 g/mol. The Hall–Kier alpha value is -4.96. The summed E-state index contributed by atoms with van der Waals surface area (Å²) in [5.41, 5.74) is 1.26. The van der Waals surface area contributed by atoms with E-state index in [1.54, 1.807) is 24.3 Å². The number of hydrogen-bond donors (Lipinski definition) is 2. The number of hydrogen-bond acceptors (Lipinski definition) is 7. The Bertz CT molecular complexity index is 1570. The van der Waals surface area contributed by atoms with Crippen molar-refractivity contribution in [2.24, 2.45) is 0 Å². The summed E-state index contributed by atoms with van der Waals surface area (Å²) in [4.78, 5) is 24.7. The van der Waals surface area contributed by atoms with E-state index in [0.29, 0.717) is 0 Å². The maximum Gasteiger partial charge on any atom is 0.573 e. The van der Waals surface area contributed by atoms with Gasteiger partial charge < -0.3 is 15.4 Å². The first-order valence-electron chi connectivity index (χ1n) is 13.2. The third-order valence-corrected chi connectivity index (χ3v) is 6.06.